The standard InChI is InChI=1S/C15H16BrN3O/c1-11(13-6-8-17-9-7-13)19-15(20)18-10-12-2-4-14(16)5-3-12/h2-9,11H,10H2,1H3,(H2,18,19,20)/t11-/m1/s1. The highest BCUT2D eigenvalue weighted by Gasteiger charge is 2.08. The van der Waals surface area contributed by atoms with Gasteiger partial charge >= 0.3 is 6.03 Å². The molecule has 5 heteroatoms. The molecular weight excluding hydrogens is 318 g/mol. The van der Waals surface area contributed by atoms with Crippen LogP contribution < -0.4 is 10.6 Å². The Bertz CT molecular complexity index is 557. The van der Waals surface area contributed by atoms with Gasteiger partial charge in [0.2, 0.25) is 0 Å². The van der Waals surface area contributed by atoms with Crippen LogP contribution in [-0.2, 0) is 6.54 Å². The zero-order valence-electron chi connectivity index (χ0n) is 11.1. The second-order valence-corrected chi connectivity index (χ2v) is 5.37. The zero-order valence-corrected chi connectivity index (χ0v) is 12.7. The zero-order chi connectivity index (χ0) is 14.4. The summed E-state index contributed by atoms with van der Waals surface area (Å²) >= 11 is 3.38. The molecule has 0 aliphatic heterocycles. The number of carbonyl (C=O) groups excluding carboxylic acids is 1. The maximum absolute atomic E-state index is 11.8. The summed E-state index contributed by atoms with van der Waals surface area (Å²) in [4.78, 5) is 15.8. The summed E-state index contributed by atoms with van der Waals surface area (Å²) in [5.41, 5.74) is 2.08. The van der Waals surface area contributed by atoms with E-state index in [0.29, 0.717) is 6.54 Å². The van der Waals surface area contributed by atoms with Crippen molar-refractivity contribution in [2.45, 2.75) is 19.5 Å². The third kappa shape index (κ3) is 4.35. The van der Waals surface area contributed by atoms with Gasteiger partial charge in [0.1, 0.15) is 0 Å². The summed E-state index contributed by atoms with van der Waals surface area (Å²) in [5, 5.41) is 5.73. The molecule has 4 nitrogen and oxygen atoms in total. The number of rotatable bonds is 4. The van der Waals surface area contributed by atoms with Crippen LogP contribution in [-0.4, -0.2) is 11.0 Å². The Labute approximate surface area is 126 Å². The molecule has 2 N–H and O–H groups in total. The number of urea groups is 1. The molecule has 0 spiro atoms. The summed E-state index contributed by atoms with van der Waals surface area (Å²) in [6.45, 7) is 2.44. The molecule has 104 valence electrons. The van der Waals surface area contributed by atoms with Crippen molar-refractivity contribution in [2.24, 2.45) is 0 Å². The number of carbonyl (C=O) groups is 1. The van der Waals surface area contributed by atoms with Gasteiger partial charge < -0.3 is 10.6 Å². The first kappa shape index (κ1) is 14.5. The Morgan fingerprint density at radius 1 is 1.20 bits per heavy atom. The van der Waals surface area contributed by atoms with Crippen LogP contribution in [0, 0.1) is 0 Å². The van der Waals surface area contributed by atoms with Crippen molar-refractivity contribution in [2.75, 3.05) is 0 Å². The molecule has 2 aromatic rings. The fourth-order valence-electron chi connectivity index (χ4n) is 1.77. The van der Waals surface area contributed by atoms with E-state index in [1.165, 1.54) is 0 Å². The fourth-order valence-corrected chi connectivity index (χ4v) is 2.03. The van der Waals surface area contributed by atoms with Crippen molar-refractivity contribution in [3.8, 4) is 0 Å². The molecule has 2 amide bonds. The van der Waals surface area contributed by atoms with E-state index in [4.69, 9.17) is 0 Å². The Morgan fingerprint density at radius 3 is 2.50 bits per heavy atom. The summed E-state index contributed by atoms with van der Waals surface area (Å²) in [5.74, 6) is 0. The van der Waals surface area contributed by atoms with E-state index >= 15 is 0 Å². The van der Waals surface area contributed by atoms with E-state index in [1.54, 1.807) is 12.4 Å². The van der Waals surface area contributed by atoms with Crippen molar-refractivity contribution in [1.82, 2.24) is 15.6 Å². The molecule has 1 aromatic heterocycles. The molecule has 0 fully saturated rings. The van der Waals surface area contributed by atoms with E-state index in [-0.39, 0.29) is 12.1 Å². The Morgan fingerprint density at radius 2 is 1.85 bits per heavy atom. The quantitative estimate of drug-likeness (QED) is 0.900. The second kappa shape index (κ2) is 7.05. The predicted octanol–water partition coefficient (Wildman–Crippen LogP) is 3.40. The number of nitrogens with zero attached hydrogens (tertiary/aromatic N) is 1. The molecule has 1 aromatic carbocycles. The third-order valence-electron chi connectivity index (χ3n) is 2.92. The molecule has 0 radical (unpaired) electrons. The number of aromatic nitrogens is 1. The summed E-state index contributed by atoms with van der Waals surface area (Å²) in [6, 6.07) is 11.4. The minimum absolute atomic E-state index is 0.0529. The Kier molecular flexibility index (Phi) is 5.12. The number of hydrogen-bond donors (Lipinski definition) is 2. The van der Waals surface area contributed by atoms with E-state index in [2.05, 4.69) is 31.5 Å². The normalized spacial score (nSPS) is 11.7. The summed E-state index contributed by atoms with van der Waals surface area (Å²) in [7, 11) is 0. The molecule has 0 aliphatic rings. The maximum atomic E-state index is 11.8. The summed E-state index contributed by atoms with van der Waals surface area (Å²) in [6.07, 6.45) is 3.43. The minimum atomic E-state index is -0.183. The molecule has 0 bridgehead atoms. The number of halogens is 1. The van der Waals surface area contributed by atoms with E-state index in [1.807, 2.05) is 43.3 Å². The lowest BCUT2D eigenvalue weighted by Crippen LogP contribution is -2.36. The van der Waals surface area contributed by atoms with Crippen molar-refractivity contribution in [3.63, 3.8) is 0 Å². The molecule has 0 unspecified atom stereocenters. The van der Waals surface area contributed by atoms with Crippen LogP contribution >= 0.6 is 15.9 Å². The smallest absolute Gasteiger partial charge is 0.315 e. The van der Waals surface area contributed by atoms with Gasteiger partial charge in [-0.25, -0.2) is 4.79 Å². The van der Waals surface area contributed by atoms with Crippen molar-refractivity contribution in [3.05, 3.63) is 64.4 Å². The van der Waals surface area contributed by atoms with E-state index < -0.39 is 0 Å². The van der Waals surface area contributed by atoms with E-state index in [9.17, 15) is 4.79 Å². The highest BCUT2D eigenvalue weighted by atomic mass is 79.9. The molecule has 20 heavy (non-hydrogen) atoms. The molecule has 0 saturated heterocycles. The van der Waals surface area contributed by atoms with E-state index in [0.717, 1.165) is 15.6 Å². The number of nitrogens with one attached hydrogen (secondary N) is 2. The van der Waals surface area contributed by atoms with Gasteiger partial charge in [-0.3, -0.25) is 4.98 Å². The average molecular weight is 334 g/mol. The SMILES string of the molecule is C[C@@H](NC(=O)NCc1ccc(Br)cc1)c1ccncc1. The fraction of sp³-hybridized carbons (Fsp3) is 0.200. The van der Waals surface area contributed by atoms with Crippen LogP contribution in [0.1, 0.15) is 24.1 Å². The lowest BCUT2D eigenvalue weighted by molar-refractivity contribution is 0.237. The molecule has 2 rings (SSSR count). The largest absolute Gasteiger partial charge is 0.334 e. The topological polar surface area (TPSA) is 54.0 Å². The predicted molar refractivity (Wildman–Crippen MR) is 82.2 cm³/mol. The third-order valence-corrected chi connectivity index (χ3v) is 3.45. The minimum Gasteiger partial charge on any atom is -0.334 e. The highest BCUT2D eigenvalue weighted by molar-refractivity contribution is 9.10. The lowest BCUT2D eigenvalue weighted by Gasteiger charge is -2.14. The highest BCUT2D eigenvalue weighted by Crippen LogP contribution is 2.11. The van der Waals surface area contributed by atoms with Crippen LogP contribution in [0.5, 0.6) is 0 Å². The molecule has 1 atom stereocenters. The first-order valence-corrected chi connectivity index (χ1v) is 7.13. The average Bonchev–Trinajstić information content (AvgIpc) is 2.47. The van der Waals surface area contributed by atoms with Gasteiger partial charge in [0.25, 0.3) is 0 Å². The van der Waals surface area contributed by atoms with Gasteiger partial charge in [-0.15, -0.1) is 0 Å². The number of benzene rings is 1. The van der Waals surface area contributed by atoms with Crippen molar-refractivity contribution < 1.29 is 4.79 Å². The molecule has 0 saturated carbocycles. The van der Waals surface area contributed by atoms with Crippen LogP contribution in [0.2, 0.25) is 0 Å². The molecule has 0 aliphatic carbocycles. The van der Waals surface area contributed by atoms with Gasteiger partial charge in [0, 0.05) is 23.4 Å². The van der Waals surface area contributed by atoms with Gasteiger partial charge in [-0.05, 0) is 42.3 Å². The second-order valence-electron chi connectivity index (χ2n) is 4.46. The molecule has 1 heterocycles. The number of hydrogen-bond acceptors (Lipinski definition) is 2. The monoisotopic (exact) mass is 333 g/mol. The Balaban J connectivity index is 1.82. The van der Waals surface area contributed by atoms with Crippen LogP contribution in [0.15, 0.2) is 53.3 Å². The van der Waals surface area contributed by atoms with Crippen LogP contribution in [0.3, 0.4) is 0 Å². The first-order chi connectivity index (χ1) is 9.65. The maximum Gasteiger partial charge on any atom is 0.315 e. The van der Waals surface area contributed by atoms with Crippen LogP contribution in [0.25, 0.3) is 0 Å². The number of amides is 2. The van der Waals surface area contributed by atoms with Gasteiger partial charge in [0.15, 0.2) is 0 Å². The van der Waals surface area contributed by atoms with Crippen molar-refractivity contribution >= 4 is 22.0 Å². The molecular formula is C15H16BrN3O. The van der Waals surface area contributed by atoms with Gasteiger partial charge in [0.05, 0.1) is 6.04 Å². The number of pyridine rings is 1. The van der Waals surface area contributed by atoms with Gasteiger partial charge in [-0.1, -0.05) is 28.1 Å². The van der Waals surface area contributed by atoms with Gasteiger partial charge in [-0.2, -0.15) is 0 Å². The van der Waals surface area contributed by atoms with Crippen LogP contribution in [0.4, 0.5) is 4.79 Å². The first-order valence-electron chi connectivity index (χ1n) is 6.34. The summed E-state index contributed by atoms with van der Waals surface area (Å²) < 4.78 is 1.03. The lowest BCUT2D eigenvalue weighted by atomic mass is 10.1. The Hall–Kier alpha value is -1.88. The van der Waals surface area contributed by atoms with Crippen molar-refractivity contribution in [1.29, 1.82) is 0 Å².